The van der Waals surface area contributed by atoms with E-state index >= 15 is 0 Å². The molecule has 0 radical (unpaired) electrons. The van der Waals surface area contributed by atoms with Crippen molar-refractivity contribution in [2.45, 2.75) is 13.0 Å². The second kappa shape index (κ2) is 9.36. The third-order valence-electron chi connectivity index (χ3n) is 3.23. The topological polar surface area (TPSA) is 93.2 Å². The Labute approximate surface area is 140 Å². The Bertz CT molecular complexity index is 677. The van der Waals surface area contributed by atoms with Gasteiger partial charge in [-0.05, 0) is 24.6 Å². The molecular weight excluding hydrogens is 308 g/mol. The fourth-order valence-electron chi connectivity index (χ4n) is 1.98. The molecule has 0 saturated carbocycles. The summed E-state index contributed by atoms with van der Waals surface area (Å²) < 4.78 is 4.92. The molecule has 0 unspecified atom stereocenters. The minimum absolute atomic E-state index is 0.266. The molecular formula is C17H20N4O3. The van der Waals surface area contributed by atoms with Crippen molar-refractivity contribution in [1.29, 1.82) is 0 Å². The van der Waals surface area contributed by atoms with E-state index in [1.54, 1.807) is 13.3 Å². The van der Waals surface area contributed by atoms with Crippen molar-refractivity contribution in [1.82, 2.24) is 20.6 Å². The predicted molar refractivity (Wildman–Crippen MR) is 88.5 cm³/mol. The lowest BCUT2D eigenvalue weighted by Crippen LogP contribution is -2.27. The Kier molecular flexibility index (Phi) is 6.85. The number of nitrogens with zero attached hydrogens (tertiary/aromatic N) is 2. The summed E-state index contributed by atoms with van der Waals surface area (Å²) in [7, 11) is 1.61. The Morgan fingerprint density at radius 2 is 1.88 bits per heavy atom. The first-order valence-electron chi connectivity index (χ1n) is 7.61. The van der Waals surface area contributed by atoms with Crippen molar-refractivity contribution in [3.63, 3.8) is 0 Å². The molecule has 2 aromatic heterocycles. The monoisotopic (exact) mass is 328 g/mol. The van der Waals surface area contributed by atoms with Crippen LogP contribution in [-0.4, -0.2) is 42.0 Å². The highest BCUT2D eigenvalue weighted by atomic mass is 16.5. The van der Waals surface area contributed by atoms with Gasteiger partial charge in [-0.15, -0.1) is 0 Å². The number of nitrogens with one attached hydrogen (secondary N) is 2. The predicted octanol–water partition coefficient (Wildman–Crippen LogP) is 1.17. The maximum Gasteiger partial charge on any atom is 0.253 e. The molecule has 7 heteroatoms. The lowest BCUT2D eigenvalue weighted by Gasteiger charge is -2.07. The zero-order valence-electron chi connectivity index (χ0n) is 13.5. The van der Waals surface area contributed by atoms with E-state index in [0.29, 0.717) is 30.8 Å². The summed E-state index contributed by atoms with van der Waals surface area (Å²) in [4.78, 5) is 32.3. The molecule has 2 amide bonds. The second-order valence-electron chi connectivity index (χ2n) is 5.07. The standard InChI is InChI=1S/C17H20N4O3/c1-24-8-4-7-20-16(22)13-9-14(11-18-10-13)17(23)21-12-15-5-2-3-6-19-15/h2-3,5-6,9-11H,4,7-8,12H2,1H3,(H,20,22)(H,21,23). The van der Waals surface area contributed by atoms with E-state index in [2.05, 4.69) is 20.6 Å². The smallest absolute Gasteiger partial charge is 0.253 e. The van der Waals surface area contributed by atoms with Gasteiger partial charge in [0.25, 0.3) is 11.8 Å². The summed E-state index contributed by atoms with van der Waals surface area (Å²) >= 11 is 0. The molecule has 0 aliphatic heterocycles. The number of carbonyl (C=O) groups is 2. The first kappa shape index (κ1) is 17.6. The first-order valence-corrected chi connectivity index (χ1v) is 7.61. The molecule has 0 aliphatic carbocycles. The van der Waals surface area contributed by atoms with Gasteiger partial charge in [-0.2, -0.15) is 0 Å². The molecule has 0 aromatic carbocycles. The van der Waals surface area contributed by atoms with Crippen molar-refractivity contribution >= 4 is 11.8 Å². The fraction of sp³-hybridized carbons (Fsp3) is 0.294. The lowest BCUT2D eigenvalue weighted by molar-refractivity contribution is 0.0948. The molecule has 7 nitrogen and oxygen atoms in total. The van der Waals surface area contributed by atoms with Crippen LogP contribution in [0.25, 0.3) is 0 Å². The van der Waals surface area contributed by atoms with Gasteiger partial charge in [0, 0.05) is 38.9 Å². The minimum Gasteiger partial charge on any atom is -0.385 e. The van der Waals surface area contributed by atoms with Crippen molar-refractivity contribution in [3.05, 3.63) is 59.7 Å². The van der Waals surface area contributed by atoms with Crippen LogP contribution in [0.3, 0.4) is 0 Å². The summed E-state index contributed by atoms with van der Waals surface area (Å²) in [6.07, 6.45) is 5.24. The lowest BCUT2D eigenvalue weighted by atomic mass is 10.2. The number of carbonyl (C=O) groups excluding carboxylic acids is 2. The summed E-state index contributed by atoms with van der Waals surface area (Å²) in [6, 6.07) is 7.00. The van der Waals surface area contributed by atoms with E-state index in [1.807, 2.05) is 18.2 Å². The molecule has 0 bridgehead atoms. The van der Waals surface area contributed by atoms with Crippen LogP contribution >= 0.6 is 0 Å². The van der Waals surface area contributed by atoms with Crippen molar-refractivity contribution in [3.8, 4) is 0 Å². The molecule has 2 heterocycles. The highest BCUT2D eigenvalue weighted by Crippen LogP contribution is 2.04. The van der Waals surface area contributed by atoms with E-state index in [-0.39, 0.29) is 11.8 Å². The quantitative estimate of drug-likeness (QED) is 0.710. The van der Waals surface area contributed by atoms with Gasteiger partial charge in [-0.25, -0.2) is 0 Å². The first-order chi connectivity index (χ1) is 11.7. The fourth-order valence-corrected chi connectivity index (χ4v) is 1.98. The van der Waals surface area contributed by atoms with Crippen molar-refractivity contribution < 1.29 is 14.3 Å². The summed E-state index contributed by atoms with van der Waals surface area (Å²) in [5.74, 6) is -0.569. The zero-order valence-corrected chi connectivity index (χ0v) is 13.5. The average Bonchev–Trinajstić information content (AvgIpc) is 2.64. The van der Waals surface area contributed by atoms with E-state index in [0.717, 1.165) is 12.1 Å². The van der Waals surface area contributed by atoms with Gasteiger partial charge in [0.1, 0.15) is 0 Å². The number of ether oxygens (including phenoxy) is 1. The maximum atomic E-state index is 12.2. The highest BCUT2D eigenvalue weighted by molar-refractivity contribution is 5.99. The van der Waals surface area contributed by atoms with Gasteiger partial charge in [0.05, 0.1) is 23.4 Å². The molecule has 2 aromatic rings. The largest absolute Gasteiger partial charge is 0.385 e. The molecule has 2 rings (SSSR count). The summed E-state index contributed by atoms with van der Waals surface area (Å²) in [5.41, 5.74) is 1.43. The molecule has 126 valence electrons. The number of rotatable bonds is 8. The number of methoxy groups -OCH3 is 1. The minimum atomic E-state index is -0.304. The van der Waals surface area contributed by atoms with Crippen LogP contribution < -0.4 is 10.6 Å². The molecule has 0 spiro atoms. The summed E-state index contributed by atoms with van der Waals surface area (Å²) in [5, 5.41) is 5.51. The number of amides is 2. The molecule has 0 aliphatic rings. The van der Waals surface area contributed by atoms with Crippen molar-refractivity contribution in [2.24, 2.45) is 0 Å². The van der Waals surface area contributed by atoms with Crippen LogP contribution in [0.1, 0.15) is 32.8 Å². The number of pyridine rings is 2. The van der Waals surface area contributed by atoms with Crippen LogP contribution in [0, 0.1) is 0 Å². The van der Waals surface area contributed by atoms with E-state index < -0.39 is 0 Å². The number of aromatic nitrogens is 2. The molecule has 0 atom stereocenters. The van der Waals surface area contributed by atoms with Gasteiger partial charge in [0.15, 0.2) is 0 Å². The Morgan fingerprint density at radius 3 is 2.54 bits per heavy atom. The van der Waals surface area contributed by atoms with Crippen LogP contribution in [0.5, 0.6) is 0 Å². The third kappa shape index (κ3) is 5.44. The molecule has 0 fully saturated rings. The molecule has 0 saturated heterocycles. The van der Waals surface area contributed by atoms with Gasteiger partial charge in [0.2, 0.25) is 0 Å². The number of hydrogen-bond acceptors (Lipinski definition) is 5. The van der Waals surface area contributed by atoms with E-state index in [4.69, 9.17) is 4.74 Å². The summed E-state index contributed by atoms with van der Waals surface area (Å²) in [6.45, 7) is 1.39. The van der Waals surface area contributed by atoms with Gasteiger partial charge in [-0.3, -0.25) is 19.6 Å². The Morgan fingerprint density at radius 1 is 1.12 bits per heavy atom. The molecule has 2 N–H and O–H groups in total. The maximum absolute atomic E-state index is 12.2. The van der Waals surface area contributed by atoms with Crippen molar-refractivity contribution in [2.75, 3.05) is 20.3 Å². The van der Waals surface area contributed by atoms with Crippen LogP contribution in [0.4, 0.5) is 0 Å². The Balaban J connectivity index is 1.91. The normalized spacial score (nSPS) is 10.2. The average molecular weight is 328 g/mol. The van der Waals surface area contributed by atoms with Gasteiger partial charge >= 0.3 is 0 Å². The Hall–Kier alpha value is -2.80. The van der Waals surface area contributed by atoms with E-state index in [1.165, 1.54) is 18.5 Å². The van der Waals surface area contributed by atoms with E-state index in [9.17, 15) is 9.59 Å². The number of hydrogen-bond donors (Lipinski definition) is 2. The van der Waals surface area contributed by atoms with Crippen LogP contribution in [-0.2, 0) is 11.3 Å². The third-order valence-corrected chi connectivity index (χ3v) is 3.23. The zero-order chi connectivity index (χ0) is 17.2. The highest BCUT2D eigenvalue weighted by Gasteiger charge is 2.11. The van der Waals surface area contributed by atoms with Crippen LogP contribution in [0.15, 0.2) is 42.9 Å². The van der Waals surface area contributed by atoms with Crippen LogP contribution in [0.2, 0.25) is 0 Å². The van der Waals surface area contributed by atoms with Gasteiger partial charge < -0.3 is 15.4 Å². The SMILES string of the molecule is COCCCNC(=O)c1cncc(C(=O)NCc2ccccn2)c1. The van der Waals surface area contributed by atoms with Gasteiger partial charge in [-0.1, -0.05) is 6.07 Å². The second-order valence-corrected chi connectivity index (χ2v) is 5.07. The molecule has 24 heavy (non-hydrogen) atoms.